The van der Waals surface area contributed by atoms with Gasteiger partial charge in [-0.3, -0.25) is 0 Å². The van der Waals surface area contributed by atoms with Crippen LogP contribution in [0.3, 0.4) is 0 Å². The molecule has 0 spiro atoms. The molecule has 0 N–H and O–H groups in total. The molecule has 190 valence electrons. The summed E-state index contributed by atoms with van der Waals surface area (Å²) in [6.07, 6.45) is -4.07. The molecular formula is C29H26F6O. The number of fused-ring (bicyclic) bond motifs is 1. The predicted molar refractivity (Wildman–Crippen MR) is 127 cm³/mol. The summed E-state index contributed by atoms with van der Waals surface area (Å²) < 4.78 is 87.1. The summed E-state index contributed by atoms with van der Waals surface area (Å²) in [4.78, 5) is 0. The third-order valence-electron chi connectivity index (χ3n) is 7.71. The summed E-state index contributed by atoms with van der Waals surface area (Å²) in [6.45, 7) is 0. The highest BCUT2D eigenvalue weighted by Gasteiger charge is 2.47. The molecule has 2 fully saturated rings. The molecule has 2 aliphatic rings. The molecule has 3 aromatic rings. The first-order valence-electron chi connectivity index (χ1n) is 12.1. The minimum atomic E-state index is -5.23. The highest BCUT2D eigenvalue weighted by molar-refractivity contribution is 5.75. The molecule has 2 unspecified atom stereocenters. The van der Waals surface area contributed by atoms with Crippen LogP contribution in [0.15, 0.2) is 60.7 Å². The molecule has 2 saturated carbocycles. The molecule has 7 heteroatoms. The molecule has 0 radical (unpaired) electrons. The lowest BCUT2D eigenvalue weighted by molar-refractivity contribution is -0.162. The first kappa shape index (κ1) is 24.7. The zero-order valence-corrected chi connectivity index (χ0v) is 19.7. The monoisotopic (exact) mass is 504 g/mol. The van der Waals surface area contributed by atoms with Crippen LogP contribution in [-0.4, -0.2) is 7.11 Å². The van der Waals surface area contributed by atoms with Crippen LogP contribution in [0.2, 0.25) is 0 Å². The van der Waals surface area contributed by atoms with Crippen molar-refractivity contribution in [2.75, 3.05) is 7.11 Å². The lowest BCUT2D eigenvalue weighted by Crippen LogP contribution is -2.19. The molecule has 0 aliphatic heterocycles. The van der Waals surface area contributed by atoms with Gasteiger partial charge in [0.05, 0.1) is 12.7 Å². The van der Waals surface area contributed by atoms with E-state index in [4.69, 9.17) is 0 Å². The first-order chi connectivity index (χ1) is 17.1. The van der Waals surface area contributed by atoms with E-state index >= 15 is 0 Å². The summed E-state index contributed by atoms with van der Waals surface area (Å²) in [5.74, 6) is 1.54. The molecule has 0 heterocycles. The normalized spacial score (nSPS) is 22.0. The molecule has 0 amide bonds. The van der Waals surface area contributed by atoms with E-state index in [0.717, 1.165) is 42.2 Å². The minimum Gasteiger partial charge on any atom is -0.496 e. The van der Waals surface area contributed by atoms with E-state index in [1.165, 1.54) is 49.8 Å². The van der Waals surface area contributed by atoms with Crippen LogP contribution in [0.1, 0.15) is 54.7 Å². The summed E-state index contributed by atoms with van der Waals surface area (Å²) >= 11 is 0. The van der Waals surface area contributed by atoms with Crippen LogP contribution in [0.5, 0.6) is 5.75 Å². The van der Waals surface area contributed by atoms with Gasteiger partial charge in [0.2, 0.25) is 0 Å². The fourth-order valence-corrected chi connectivity index (χ4v) is 5.69. The van der Waals surface area contributed by atoms with Crippen molar-refractivity contribution in [2.24, 2.45) is 11.8 Å². The van der Waals surface area contributed by atoms with Crippen molar-refractivity contribution >= 4 is 0 Å². The van der Waals surface area contributed by atoms with E-state index in [9.17, 15) is 26.3 Å². The van der Waals surface area contributed by atoms with E-state index in [-0.39, 0.29) is 5.56 Å². The van der Waals surface area contributed by atoms with Crippen LogP contribution in [0.4, 0.5) is 26.3 Å². The minimum absolute atomic E-state index is 0.0490. The fraction of sp³-hybridized carbons (Fsp3) is 0.379. The average molecular weight is 505 g/mol. The number of ether oxygens (including phenoxy) is 1. The van der Waals surface area contributed by atoms with E-state index < -0.39 is 34.8 Å². The van der Waals surface area contributed by atoms with Gasteiger partial charge in [-0.05, 0) is 83.7 Å². The SMILES string of the molecule is COc1ccc(-c2ccc(-c3ccc(C4CCC5CC5CC4)cc3)cc2)c(C(F)(F)F)c1C(F)(F)F. The summed E-state index contributed by atoms with van der Waals surface area (Å²) in [6, 6.07) is 16.3. The Balaban J connectivity index is 1.43. The van der Waals surface area contributed by atoms with Gasteiger partial charge in [-0.15, -0.1) is 0 Å². The number of halogens is 6. The Morgan fingerprint density at radius 2 is 1.11 bits per heavy atom. The average Bonchev–Trinajstić information content (AvgIpc) is 3.62. The van der Waals surface area contributed by atoms with Crippen molar-refractivity contribution < 1.29 is 31.1 Å². The Morgan fingerprint density at radius 1 is 0.611 bits per heavy atom. The van der Waals surface area contributed by atoms with Crippen molar-refractivity contribution in [3.05, 3.63) is 77.4 Å². The van der Waals surface area contributed by atoms with E-state index in [2.05, 4.69) is 16.9 Å². The van der Waals surface area contributed by atoms with Gasteiger partial charge in [-0.2, -0.15) is 26.3 Å². The standard InChI is InChI=1S/C29H26F6O/c1-36-25-15-14-24(26(28(30,31)32)27(25)29(33,34)35)21-10-6-19(7-11-21)17-2-4-18(5-3-17)20-8-12-22-16-23(22)13-9-20/h2-7,10-11,14-15,20,22-23H,8-9,12-13,16H2,1H3. The molecule has 5 rings (SSSR count). The van der Waals surface area contributed by atoms with Gasteiger partial charge < -0.3 is 4.74 Å². The number of alkyl halides is 6. The maximum atomic E-state index is 13.9. The summed E-state index contributed by atoms with van der Waals surface area (Å²) in [5, 5.41) is 0. The van der Waals surface area contributed by atoms with Crippen molar-refractivity contribution in [1.82, 2.24) is 0 Å². The first-order valence-corrected chi connectivity index (χ1v) is 12.1. The highest BCUT2D eigenvalue weighted by Crippen LogP contribution is 2.51. The maximum absolute atomic E-state index is 13.9. The molecule has 2 atom stereocenters. The number of methoxy groups -OCH3 is 1. The number of benzene rings is 3. The van der Waals surface area contributed by atoms with Crippen LogP contribution in [-0.2, 0) is 12.4 Å². The van der Waals surface area contributed by atoms with Gasteiger partial charge in [0, 0.05) is 0 Å². The summed E-state index contributed by atoms with van der Waals surface area (Å²) in [5.41, 5.74) is -1.05. The maximum Gasteiger partial charge on any atom is 0.420 e. The Labute approximate surface area is 206 Å². The number of hydrogen-bond acceptors (Lipinski definition) is 1. The van der Waals surface area contributed by atoms with E-state index in [1.807, 2.05) is 12.1 Å². The van der Waals surface area contributed by atoms with Crippen molar-refractivity contribution in [3.8, 4) is 28.0 Å². The van der Waals surface area contributed by atoms with Crippen LogP contribution in [0.25, 0.3) is 22.3 Å². The third-order valence-corrected chi connectivity index (χ3v) is 7.71. The van der Waals surface area contributed by atoms with E-state index in [1.54, 1.807) is 12.1 Å². The van der Waals surface area contributed by atoms with Gasteiger partial charge in [-0.1, -0.05) is 54.6 Å². The van der Waals surface area contributed by atoms with Gasteiger partial charge in [0.25, 0.3) is 0 Å². The Hall–Kier alpha value is -2.96. The molecule has 0 bridgehead atoms. The molecule has 2 aliphatic carbocycles. The van der Waals surface area contributed by atoms with Crippen LogP contribution in [0, 0.1) is 11.8 Å². The number of hydrogen-bond donors (Lipinski definition) is 0. The quantitative estimate of drug-likeness (QED) is 0.322. The van der Waals surface area contributed by atoms with Crippen LogP contribution < -0.4 is 4.74 Å². The van der Waals surface area contributed by atoms with Gasteiger partial charge in [0.1, 0.15) is 11.3 Å². The molecule has 1 nitrogen and oxygen atoms in total. The lowest BCUT2D eigenvalue weighted by atomic mass is 9.89. The second kappa shape index (κ2) is 9.16. The van der Waals surface area contributed by atoms with Gasteiger partial charge >= 0.3 is 12.4 Å². The van der Waals surface area contributed by atoms with Crippen LogP contribution >= 0.6 is 0 Å². The fourth-order valence-electron chi connectivity index (χ4n) is 5.69. The van der Waals surface area contributed by atoms with Crippen molar-refractivity contribution in [2.45, 2.75) is 50.4 Å². The topological polar surface area (TPSA) is 9.23 Å². The molecule has 0 saturated heterocycles. The van der Waals surface area contributed by atoms with Gasteiger partial charge in [0.15, 0.2) is 0 Å². The lowest BCUT2D eigenvalue weighted by Gasteiger charge is -2.22. The van der Waals surface area contributed by atoms with Crippen molar-refractivity contribution in [3.63, 3.8) is 0 Å². The Kier molecular flexibility index (Phi) is 6.29. The third kappa shape index (κ3) is 4.84. The smallest absolute Gasteiger partial charge is 0.420 e. The molecule has 36 heavy (non-hydrogen) atoms. The van der Waals surface area contributed by atoms with Gasteiger partial charge in [-0.25, -0.2) is 0 Å². The highest BCUT2D eigenvalue weighted by atomic mass is 19.4. The van der Waals surface area contributed by atoms with Crippen molar-refractivity contribution in [1.29, 1.82) is 0 Å². The van der Waals surface area contributed by atoms with E-state index in [0.29, 0.717) is 5.92 Å². The second-order valence-corrected chi connectivity index (χ2v) is 9.87. The molecule has 0 aromatic heterocycles. The Morgan fingerprint density at radius 3 is 1.61 bits per heavy atom. The Bertz CT molecular complexity index is 1210. The predicted octanol–water partition coefficient (Wildman–Crippen LogP) is 9.36. The molecular weight excluding hydrogens is 478 g/mol. The zero-order chi connectivity index (χ0) is 25.7. The summed E-state index contributed by atoms with van der Waals surface area (Å²) in [7, 11) is 0.919. The molecule has 3 aromatic carbocycles. The second-order valence-electron chi connectivity index (χ2n) is 9.87. The largest absolute Gasteiger partial charge is 0.496 e. The zero-order valence-electron chi connectivity index (χ0n) is 19.7. The number of rotatable bonds is 4.